The highest BCUT2D eigenvalue weighted by Gasteiger charge is 2.09. The van der Waals surface area contributed by atoms with Crippen LogP contribution in [0.5, 0.6) is 0 Å². The maximum absolute atomic E-state index is 6.10. The van der Waals surface area contributed by atoms with Crippen LogP contribution >= 0.6 is 27.5 Å². The van der Waals surface area contributed by atoms with Gasteiger partial charge in [-0.05, 0) is 28.1 Å². The van der Waals surface area contributed by atoms with Gasteiger partial charge in [-0.15, -0.1) is 0 Å². The first-order valence-electron chi connectivity index (χ1n) is 3.70. The lowest BCUT2D eigenvalue weighted by Crippen LogP contribution is -2.12. The summed E-state index contributed by atoms with van der Waals surface area (Å²) in [5, 5.41) is 0.613. The Kier molecular flexibility index (Phi) is 3.41. The summed E-state index contributed by atoms with van der Waals surface area (Å²) >= 11 is 9.44. The van der Waals surface area contributed by atoms with E-state index in [1.807, 2.05) is 31.1 Å². The third-order valence-corrected chi connectivity index (χ3v) is 2.74. The second-order valence-electron chi connectivity index (χ2n) is 2.79. The maximum Gasteiger partial charge on any atom is 0.0895 e. The second-order valence-corrected chi connectivity index (χ2v) is 4.03. The molecule has 72 valence electrons. The summed E-state index contributed by atoms with van der Waals surface area (Å²) in [6.07, 6.45) is 0. The lowest BCUT2D eigenvalue weighted by Gasteiger charge is -2.17. The van der Waals surface area contributed by atoms with Crippen LogP contribution in [0.15, 0.2) is 16.6 Å². The Labute approximate surface area is 91.0 Å². The predicted octanol–water partition coefficient (Wildman–Crippen LogP) is 2.45. The van der Waals surface area contributed by atoms with E-state index in [0.717, 1.165) is 10.2 Å². The Balaban J connectivity index is 3.27. The van der Waals surface area contributed by atoms with Gasteiger partial charge in [0.25, 0.3) is 0 Å². The van der Waals surface area contributed by atoms with Crippen molar-refractivity contribution in [2.75, 3.05) is 24.4 Å². The molecule has 0 aliphatic heterocycles. The average molecular weight is 265 g/mol. The Morgan fingerprint density at radius 1 is 1.46 bits per heavy atom. The van der Waals surface area contributed by atoms with Crippen LogP contribution in [0.1, 0.15) is 0 Å². The van der Waals surface area contributed by atoms with Crippen molar-refractivity contribution in [2.45, 2.75) is 0 Å². The van der Waals surface area contributed by atoms with Gasteiger partial charge in [-0.2, -0.15) is 0 Å². The summed E-state index contributed by atoms with van der Waals surface area (Å²) in [5.41, 5.74) is 4.18. The van der Waals surface area contributed by atoms with Crippen molar-refractivity contribution in [3.05, 3.63) is 21.6 Å². The van der Waals surface area contributed by atoms with Gasteiger partial charge in [0.15, 0.2) is 0 Å². The van der Waals surface area contributed by atoms with Gasteiger partial charge in [-0.1, -0.05) is 11.6 Å². The highest BCUT2D eigenvalue weighted by atomic mass is 79.9. The molecular weight excluding hydrogens is 253 g/mol. The number of anilines is 2. The normalized spacial score (nSPS) is 9.92. The van der Waals surface area contributed by atoms with E-state index >= 15 is 0 Å². The van der Waals surface area contributed by atoms with E-state index in [1.54, 1.807) is 0 Å². The number of nitrogens with one attached hydrogen (secondary N) is 1. The maximum atomic E-state index is 6.10. The number of nitrogens with zero attached hydrogens (tertiary/aromatic N) is 1. The first-order chi connectivity index (χ1) is 6.07. The lowest BCUT2D eigenvalue weighted by atomic mass is 10.2. The van der Waals surface area contributed by atoms with Crippen LogP contribution in [0.3, 0.4) is 0 Å². The molecule has 0 aliphatic carbocycles. The van der Waals surface area contributed by atoms with Crippen molar-refractivity contribution < 1.29 is 0 Å². The zero-order valence-corrected chi connectivity index (χ0v) is 9.78. The van der Waals surface area contributed by atoms with Crippen molar-refractivity contribution >= 4 is 38.9 Å². The van der Waals surface area contributed by atoms with Crippen LogP contribution in [0.2, 0.25) is 5.02 Å². The van der Waals surface area contributed by atoms with Crippen LogP contribution in [-0.2, 0) is 0 Å². The van der Waals surface area contributed by atoms with E-state index in [0.29, 0.717) is 10.7 Å². The molecule has 3 nitrogen and oxygen atoms in total. The number of hydrazine groups is 1. The van der Waals surface area contributed by atoms with Gasteiger partial charge in [0.1, 0.15) is 0 Å². The van der Waals surface area contributed by atoms with Gasteiger partial charge >= 0.3 is 0 Å². The van der Waals surface area contributed by atoms with Crippen LogP contribution in [-0.4, -0.2) is 14.1 Å². The summed E-state index contributed by atoms with van der Waals surface area (Å²) in [4.78, 5) is 1.93. The molecule has 13 heavy (non-hydrogen) atoms. The van der Waals surface area contributed by atoms with Crippen molar-refractivity contribution in [3.8, 4) is 0 Å². The molecular formula is C8H11BrClN3. The van der Waals surface area contributed by atoms with Gasteiger partial charge in [-0.3, -0.25) is 5.84 Å². The summed E-state index contributed by atoms with van der Waals surface area (Å²) < 4.78 is 0.852. The summed E-state index contributed by atoms with van der Waals surface area (Å²) in [6.45, 7) is 0. The Bertz CT molecular complexity index is 315. The number of rotatable bonds is 2. The van der Waals surface area contributed by atoms with E-state index in [4.69, 9.17) is 17.4 Å². The molecule has 0 radical (unpaired) electrons. The molecule has 5 heteroatoms. The quantitative estimate of drug-likeness (QED) is 0.637. The molecule has 1 aromatic rings. The summed E-state index contributed by atoms with van der Waals surface area (Å²) in [5.74, 6) is 5.34. The molecule has 1 rings (SSSR count). The Hall–Kier alpha value is -0.450. The fourth-order valence-corrected chi connectivity index (χ4v) is 1.97. The molecule has 0 unspecified atom stereocenters. The van der Waals surface area contributed by atoms with Gasteiger partial charge in [0.2, 0.25) is 0 Å². The summed E-state index contributed by atoms with van der Waals surface area (Å²) in [6, 6.07) is 3.82. The Morgan fingerprint density at radius 2 is 2.08 bits per heavy atom. The minimum Gasteiger partial charge on any atom is -0.376 e. The third-order valence-electron chi connectivity index (χ3n) is 1.70. The lowest BCUT2D eigenvalue weighted by molar-refractivity contribution is 1.13. The Morgan fingerprint density at radius 3 is 2.54 bits per heavy atom. The van der Waals surface area contributed by atoms with Crippen LogP contribution in [0, 0.1) is 0 Å². The zero-order chi connectivity index (χ0) is 10.0. The fourth-order valence-electron chi connectivity index (χ4n) is 1.02. The minimum absolute atomic E-state index is 0.613. The molecule has 0 bridgehead atoms. The molecule has 0 spiro atoms. The van der Waals surface area contributed by atoms with Gasteiger partial charge in [-0.25, -0.2) is 0 Å². The second kappa shape index (κ2) is 4.17. The smallest absolute Gasteiger partial charge is 0.0895 e. The minimum atomic E-state index is 0.613. The molecule has 0 fully saturated rings. The largest absolute Gasteiger partial charge is 0.376 e. The molecule has 0 heterocycles. The zero-order valence-electron chi connectivity index (χ0n) is 7.44. The van der Waals surface area contributed by atoms with E-state index in [-0.39, 0.29) is 0 Å². The number of hydrogen-bond acceptors (Lipinski definition) is 3. The molecule has 1 aromatic carbocycles. The monoisotopic (exact) mass is 263 g/mol. The van der Waals surface area contributed by atoms with Gasteiger partial charge < -0.3 is 10.3 Å². The molecule has 0 aromatic heterocycles. The number of hydrogen-bond donors (Lipinski definition) is 2. The van der Waals surface area contributed by atoms with Gasteiger partial charge in [0, 0.05) is 18.6 Å². The summed E-state index contributed by atoms with van der Waals surface area (Å²) in [7, 11) is 3.85. The topological polar surface area (TPSA) is 41.3 Å². The molecule has 3 N–H and O–H groups in total. The van der Waals surface area contributed by atoms with Crippen molar-refractivity contribution in [2.24, 2.45) is 5.84 Å². The van der Waals surface area contributed by atoms with Crippen LogP contribution < -0.4 is 16.2 Å². The predicted molar refractivity (Wildman–Crippen MR) is 61.3 cm³/mol. The SMILES string of the molecule is CN(C)c1ccc(Br)c(NN)c1Cl. The molecule has 0 saturated carbocycles. The van der Waals surface area contributed by atoms with Crippen LogP contribution in [0.25, 0.3) is 0 Å². The number of nitrogen functional groups attached to an aromatic ring is 1. The first-order valence-corrected chi connectivity index (χ1v) is 4.87. The molecule has 0 saturated heterocycles. The number of nitrogens with two attached hydrogens (primary N) is 1. The fraction of sp³-hybridized carbons (Fsp3) is 0.250. The van der Waals surface area contributed by atoms with Crippen molar-refractivity contribution in [1.82, 2.24) is 0 Å². The van der Waals surface area contributed by atoms with Crippen LogP contribution in [0.4, 0.5) is 11.4 Å². The number of benzene rings is 1. The standard InChI is InChI=1S/C8H11BrClN3/c1-13(2)6-4-3-5(9)8(12-11)7(6)10/h3-4,12H,11H2,1-2H3. The molecule has 0 aliphatic rings. The average Bonchev–Trinajstić information content (AvgIpc) is 2.04. The van der Waals surface area contributed by atoms with E-state index in [1.165, 1.54) is 0 Å². The van der Waals surface area contributed by atoms with Crippen molar-refractivity contribution in [3.63, 3.8) is 0 Å². The highest BCUT2D eigenvalue weighted by Crippen LogP contribution is 2.36. The highest BCUT2D eigenvalue weighted by molar-refractivity contribution is 9.10. The number of halogens is 2. The van der Waals surface area contributed by atoms with E-state index in [2.05, 4.69) is 21.4 Å². The van der Waals surface area contributed by atoms with E-state index < -0.39 is 0 Å². The molecule has 0 atom stereocenters. The molecule has 0 amide bonds. The van der Waals surface area contributed by atoms with Gasteiger partial charge in [0.05, 0.1) is 16.4 Å². The third kappa shape index (κ3) is 2.07. The van der Waals surface area contributed by atoms with Crippen molar-refractivity contribution in [1.29, 1.82) is 0 Å². The van der Waals surface area contributed by atoms with E-state index in [9.17, 15) is 0 Å². The first kappa shape index (κ1) is 10.6.